The molecule has 4 heteroatoms. The van der Waals surface area contributed by atoms with Crippen molar-refractivity contribution in [3.8, 4) is 45.3 Å². The quantitative estimate of drug-likeness (QED) is 0.164. The van der Waals surface area contributed by atoms with Crippen molar-refractivity contribution in [3.05, 3.63) is 204 Å². The van der Waals surface area contributed by atoms with Crippen LogP contribution in [0.5, 0.6) is 0 Å². The maximum absolute atomic E-state index is 5.16. The third-order valence-corrected chi connectivity index (χ3v) is 12.4. The Morgan fingerprint density at radius 3 is 2.00 bits per heavy atom. The Morgan fingerprint density at radius 2 is 1.24 bits per heavy atom. The molecule has 4 aliphatic rings. The Morgan fingerprint density at radius 1 is 0.545 bits per heavy atom. The maximum Gasteiger partial charge on any atom is 0.164 e. The molecule has 3 nitrogen and oxygen atoms in total. The molecule has 0 saturated carbocycles. The Bertz CT molecular complexity index is 2620. The number of nitrogens with zero attached hydrogens (tertiary/aromatic N) is 3. The van der Waals surface area contributed by atoms with Crippen LogP contribution in [-0.2, 0) is 0 Å². The number of fused-ring (bicyclic) bond motifs is 3. The number of benzene rings is 5. The lowest BCUT2D eigenvalue weighted by atomic mass is 9.88. The Kier molecular flexibility index (Phi) is 8.89. The third kappa shape index (κ3) is 6.79. The van der Waals surface area contributed by atoms with Gasteiger partial charge in [0, 0.05) is 38.7 Å². The second-order valence-electron chi connectivity index (χ2n) is 14.6. The molecule has 0 spiro atoms. The Balaban J connectivity index is 1.01. The van der Waals surface area contributed by atoms with Gasteiger partial charge in [0.1, 0.15) is 0 Å². The molecule has 1 aliphatic heterocycles. The minimum Gasteiger partial charge on any atom is -0.208 e. The Hall–Kier alpha value is -6.10. The van der Waals surface area contributed by atoms with Gasteiger partial charge in [-0.1, -0.05) is 164 Å². The van der Waals surface area contributed by atoms with Gasteiger partial charge in [0.05, 0.1) is 0 Å². The van der Waals surface area contributed by atoms with E-state index in [-0.39, 0.29) is 0 Å². The Labute approximate surface area is 327 Å². The van der Waals surface area contributed by atoms with E-state index in [4.69, 9.17) is 15.0 Å². The van der Waals surface area contributed by atoms with Gasteiger partial charge < -0.3 is 0 Å². The van der Waals surface area contributed by atoms with E-state index in [1.54, 1.807) is 0 Å². The van der Waals surface area contributed by atoms with Crippen molar-refractivity contribution in [2.45, 2.75) is 41.2 Å². The number of thioether (sulfide) groups is 1. The molecule has 3 atom stereocenters. The molecule has 6 aromatic rings. The van der Waals surface area contributed by atoms with Crippen molar-refractivity contribution in [2.24, 2.45) is 0 Å². The first-order valence-corrected chi connectivity index (χ1v) is 20.1. The number of hydrogen-bond donors (Lipinski definition) is 0. The van der Waals surface area contributed by atoms with Crippen molar-refractivity contribution in [1.29, 1.82) is 0 Å². The van der Waals surface area contributed by atoms with Gasteiger partial charge in [-0.15, -0.1) is 11.8 Å². The first-order chi connectivity index (χ1) is 27.2. The molecule has 3 aliphatic carbocycles. The van der Waals surface area contributed by atoms with Gasteiger partial charge >= 0.3 is 0 Å². The molecule has 1 aromatic heterocycles. The molecule has 264 valence electrons. The summed E-state index contributed by atoms with van der Waals surface area (Å²) < 4.78 is 0. The molecule has 0 saturated heterocycles. The van der Waals surface area contributed by atoms with E-state index in [1.807, 2.05) is 11.8 Å². The van der Waals surface area contributed by atoms with Crippen LogP contribution in [0.25, 0.3) is 56.4 Å². The van der Waals surface area contributed by atoms with E-state index >= 15 is 0 Å². The third-order valence-electron chi connectivity index (χ3n) is 11.1. The van der Waals surface area contributed by atoms with E-state index in [2.05, 4.69) is 182 Å². The normalized spacial score (nSPS) is 19.5. The number of allylic oxidation sites excluding steroid dienone is 11. The van der Waals surface area contributed by atoms with Crippen LogP contribution in [0.2, 0.25) is 0 Å². The largest absolute Gasteiger partial charge is 0.208 e. The average molecular weight is 726 g/mol. The molecule has 0 N–H and O–H groups in total. The first-order valence-electron chi connectivity index (χ1n) is 19.2. The summed E-state index contributed by atoms with van der Waals surface area (Å²) >= 11 is 1.97. The summed E-state index contributed by atoms with van der Waals surface area (Å²) in [6, 6.07) is 43.7. The van der Waals surface area contributed by atoms with Crippen LogP contribution >= 0.6 is 11.8 Å². The highest BCUT2D eigenvalue weighted by atomic mass is 32.2. The summed E-state index contributed by atoms with van der Waals surface area (Å²) in [4.78, 5) is 16.8. The zero-order valence-electron chi connectivity index (χ0n) is 30.4. The maximum atomic E-state index is 5.16. The van der Waals surface area contributed by atoms with E-state index in [0.717, 1.165) is 41.5 Å². The number of rotatable bonds is 7. The summed E-state index contributed by atoms with van der Waals surface area (Å²) in [5, 5.41) is 0.418. The van der Waals surface area contributed by atoms with Crippen molar-refractivity contribution >= 4 is 22.9 Å². The molecule has 10 rings (SSSR count). The van der Waals surface area contributed by atoms with Crippen LogP contribution < -0.4 is 0 Å². The van der Waals surface area contributed by atoms with Crippen LogP contribution in [0.3, 0.4) is 0 Å². The van der Waals surface area contributed by atoms with Gasteiger partial charge in [0.15, 0.2) is 17.5 Å². The molecule has 55 heavy (non-hydrogen) atoms. The summed E-state index contributed by atoms with van der Waals surface area (Å²) in [7, 11) is 0. The fourth-order valence-corrected chi connectivity index (χ4v) is 9.52. The second-order valence-corrected chi connectivity index (χ2v) is 15.8. The van der Waals surface area contributed by atoms with Crippen molar-refractivity contribution in [2.75, 3.05) is 0 Å². The lowest BCUT2D eigenvalue weighted by Gasteiger charge is -2.19. The molecular formula is C51H39N3S. The fraction of sp³-hybridized carbons (Fsp3) is 0.118. The van der Waals surface area contributed by atoms with Crippen molar-refractivity contribution in [1.82, 2.24) is 15.0 Å². The fourth-order valence-electron chi connectivity index (χ4n) is 8.13. The second kappa shape index (κ2) is 14.6. The van der Waals surface area contributed by atoms with Crippen LogP contribution in [0.1, 0.15) is 53.4 Å². The average Bonchev–Trinajstić information content (AvgIpc) is 3.65. The van der Waals surface area contributed by atoms with Gasteiger partial charge in [0.25, 0.3) is 0 Å². The summed E-state index contributed by atoms with van der Waals surface area (Å²) in [6.07, 6.45) is 25.6. The summed E-state index contributed by atoms with van der Waals surface area (Å²) in [5.74, 6) is 2.82. The zero-order valence-corrected chi connectivity index (χ0v) is 31.2. The molecule has 0 radical (unpaired) electrons. The summed E-state index contributed by atoms with van der Waals surface area (Å²) in [6.45, 7) is 0. The van der Waals surface area contributed by atoms with E-state index in [0.29, 0.717) is 34.6 Å². The van der Waals surface area contributed by atoms with Crippen molar-refractivity contribution < 1.29 is 0 Å². The van der Waals surface area contributed by atoms with E-state index in [9.17, 15) is 0 Å². The smallest absolute Gasteiger partial charge is 0.164 e. The highest BCUT2D eigenvalue weighted by molar-refractivity contribution is 8.00. The van der Waals surface area contributed by atoms with E-state index in [1.165, 1.54) is 43.9 Å². The first kappa shape index (κ1) is 33.5. The predicted octanol–water partition coefficient (Wildman–Crippen LogP) is 13.1. The molecule has 0 bridgehead atoms. The van der Waals surface area contributed by atoms with Gasteiger partial charge in [-0.2, -0.15) is 0 Å². The molecule has 2 heterocycles. The minimum atomic E-state index is 0.394. The van der Waals surface area contributed by atoms with Gasteiger partial charge in [-0.05, 0) is 82.0 Å². The van der Waals surface area contributed by atoms with Crippen LogP contribution in [0.15, 0.2) is 187 Å². The molecule has 0 fully saturated rings. The topological polar surface area (TPSA) is 38.7 Å². The standard InChI is InChI=1S/C51H39N3S/c1-3-12-34(13-4-1)38-16-9-18-40(30-38)41-19-11-21-44(32-41)51-53-49(52-50(54-51)43-20-10-17-39(31-43)35-14-5-2-6-15-35)37-26-24-36(25-27-37)42-28-29-46-45-22-7-8-23-47(45)55-48(46)33-42/h1-5,7-12,14,16-34,46,48H,6,13,15H2. The monoisotopic (exact) mass is 725 g/mol. The molecule has 5 aromatic carbocycles. The predicted molar refractivity (Wildman–Crippen MR) is 230 cm³/mol. The van der Waals surface area contributed by atoms with Gasteiger partial charge in [-0.3, -0.25) is 0 Å². The van der Waals surface area contributed by atoms with Crippen LogP contribution in [-0.4, -0.2) is 20.2 Å². The van der Waals surface area contributed by atoms with Gasteiger partial charge in [-0.25, -0.2) is 15.0 Å². The summed E-state index contributed by atoms with van der Waals surface area (Å²) in [5.41, 5.74) is 13.0. The number of hydrogen-bond acceptors (Lipinski definition) is 4. The minimum absolute atomic E-state index is 0.394. The van der Waals surface area contributed by atoms with Crippen molar-refractivity contribution in [3.63, 3.8) is 0 Å². The lowest BCUT2D eigenvalue weighted by molar-refractivity contribution is 0.854. The van der Waals surface area contributed by atoms with Crippen LogP contribution in [0, 0.1) is 0 Å². The number of aromatic nitrogens is 3. The molecule has 3 unspecified atom stereocenters. The highest BCUT2D eigenvalue weighted by Gasteiger charge is 2.32. The van der Waals surface area contributed by atoms with E-state index < -0.39 is 0 Å². The highest BCUT2D eigenvalue weighted by Crippen LogP contribution is 2.49. The zero-order chi connectivity index (χ0) is 36.6. The van der Waals surface area contributed by atoms with Gasteiger partial charge in [0.2, 0.25) is 0 Å². The molecule has 0 amide bonds. The molecular weight excluding hydrogens is 687 g/mol. The lowest BCUT2D eigenvalue weighted by Crippen LogP contribution is -2.09. The van der Waals surface area contributed by atoms with Crippen LogP contribution in [0.4, 0.5) is 0 Å². The SMILES string of the molecule is C1=CCCC(c2cccc(-c3nc(-c4ccc(C5=CC6Sc7ccccc7C6C=C5)cc4)nc(-c4cccc(-c5cccc(C6C=CC=CC6)c5)c4)n3)c2)=C1.